The Balaban J connectivity index is 1.77. The number of nitrogens with one attached hydrogen (secondary N) is 1. The largest absolute Gasteiger partial charge is 0.397 e. The summed E-state index contributed by atoms with van der Waals surface area (Å²) in [5, 5.41) is 3.31. The van der Waals surface area contributed by atoms with E-state index < -0.39 is 0 Å². The van der Waals surface area contributed by atoms with Crippen LogP contribution in [0.1, 0.15) is 57.2 Å². The van der Waals surface area contributed by atoms with Crippen molar-refractivity contribution in [1.82, 2.24) is 0 Å². The maximum absolute atomic E-state index is 13.2. The van der Waals surface area contributed by atoms with E-state index in [9.17, 15) is 9.59 Å². The molecule has 1 aliphatic rings. The van der Waals surface area contributed by atoms with Crippen LogP contribution in [0.3, 0.4) is 0 Å². The fourth-order valence-electron chi connectivity index (χ4n) is 3.68. The lowest BCUT2D eigenvalue weighted by molar-refractivity contribution is 0.0980. The molecule has 0 atom stereocenters. The van der Waals surface area contributed by atoms with Crippen LogP contribution in [0.5, 0.6) is 0 Å². The molecule has 29 heavy (non-hydrogen) atoms. The second-order valence-corrected chi connectivity index (χ2v) is 8.05. The summed E-state index contributed by atoms with van der Waals surface area (Å²) in [6.45, 7) is 2.18. The minimum atomic E-state index is -0.230. The molecule has 0 bridgehead atoms. The molecule has 3 N–H and O–H groups in total. The lowest BCUT2D eigenvalue weighted by Gasteiger charge is -2.23. The zero-order valence-corrected chi connectivity index (χ0v) is 17.7. The van der Waals surface area contributed by atoms with E-state index in [0.717, 1.165) is 24.9 Å². The van der Waals surface area contributed by atoms with Crippen molar-refractivity contribution >= 4 is 44.6 Å². The zero-order chi connectivity index (χ0) is 20.5. The summed E-state index contributed by atoms with van der Waals surface area (Å²) in [5.74, 6) is -0.427. The van der Waals surface area contributed by atoms with E-state index in [1.807, 2.05) is 12.1 Å². The van der Waals surface area contributed by atoms with Crippen molar-refractivity contribution in [2.45, 2.75) is 26.2 Å². The molecule has 0 saturated carbocycles. The summed E-state index contributed by atoms with van der Waals surface area (Å²) in [7, 11) is 0. The highest BCUT2D eigenvalue weighted by molar-refractivity contribution is 9.10. The lowest BCUT2D eigenvalue weighted by atomic mass is 9.82. The van der Waals surface area contributed by atoms with Crippen LogP contribution in [-0.2, 0) is 6.42 Å². The number of nitrogen functional groups attached to an aromatic ring is 1. The molecular formula is C24H21BrN2O2. The Morgan fingerprint density at radius 1 is 0.931 bits per heavy atom. The number of unbranched alkanes of at least 4 members (excludes halogenated alkanes) is 1. The predicted octanol–water partition coefficient (Wildman–Crippen LogP) is 5.89. The fraction of sp³-hybridized carbons (Fsp3) is 0.167. The van der Waals surface area contributed by atoms with Crippen LogP contribution in [0.15, 0.2) is 59.1 Å². The smallest absolute Gasteiger partial charge is 0.196 e. The first kappa shape index (κ1) is 19.4. The van der Waals surface area contributed by atoms with E-state index >= 15 is 0 Å². The molecule has 0 heterocycles. The number of ketones is 2. The van der Waals surface area contributed by atoms with Crippen molar-refractivity contribution in [3.05, 3.63) is 86.9 Å². The van der Waals surface area contributed by atoms with Gasteiger partial charge in [0.2, 0.25) is 0 Å². The number of nitrogens with two attached hydrogens (primary N) is 1. The molecule has 3 aromatic rings. The van der Waals surface area contributed by atoms with E-state index in [1.54, 1.807) is 30.3 Å². The Morgan fingerprint density at radius 2 is 1.55 bits per heavy atom. The van der Waals surface area contributed by atoms with Crippen molar-refractivity contribution in [2.24, 2.45) is 0 Å². The summed E-state index contributed by atoms with van der Waals surface area (Å²) >= 11 is 3.44. The van der Waals surface area contributed by atoms with Gasteiger partial charge in [-0.15, -0.1) is 0 Å². The number of rotatable bonds is 5. The van der Waals surface area contributed by atoms with E-state index in [2.05, 4.69) is 40.3 Å². The summed E-state index contributed by atoms with van der Waals surface area (Å²) in [4.78, 5) is 26.3. The van der Waals surface area contributed by atoms with Gasteiger partial charge in [-0.1, -0.05) is 49.7 Å². The van der Waals surface area contributed by atoms with Gasteiger partial charge in [-0.05, 0) is 52.5 Å². The summed E-state index contributed by atoms with van der Waals surface area (Å²) in [6.07, 6.45) is 3.35. The highest BCUT2D eigenvalue weighted by Crippen LogP contribution is 2.40. The highest BCUT2D eigenvalue weighted by Gasteiger charge is 2.34. The molecule has 0 aromatic heterocycles. The summed E-state index contributed by atoms with van der Waals surface area (Å²) < 4.78 is 0.582. The predicted molar refractivity (Wildman–Crippen MR) is 120 cm³/mol. The molecule has 146 valence electrons. The number of fused-ring (bicyclic) bond motifs is 2. The van der Waals surface area contributed by atoms with Gasteiger partial charge in [0.05, 0.1) is 22.5 Å². The lowest BCUT2D eigenvalue weighted by Crippen LogP contribution is -2.23. The third-order valence-electron chi connectivity index (χ3n) is 5.24. The van der Waals surface area contributed by atoms with Gasteiger partial charge < -0.3 is 11.1 Å². The molecule has 0 fully saturated rings. The molecule has 3 aromatic carbocycles. The maximum Gasteiger partial charge on any atom is 0.196 e. The molecule has 0 aliphatic heterocycles. The van der Waals surface area contributed by atoms with Crippen LogP contribution in [-0.4, -0.2) is 11.6 Å². The first-order chi connectivity index (χ1) is 14.0. The third kappa shape index (κ3) is 3.47. The van der Waals surface area contributed by atoms with Gasteiger partial charge >= 0.3 is 0 Å². The van der Waals surface area contributed by atoms with Gasteiger partial charge in [0, 0.05) is 21.3 Å². The van der Waals surface area contributed by atoms with Crippen LogP contribution >= 0.6 is 15.9 Å². The van der Waals surface area contributed by atoms with Crippen LogP contribution < -0.4 is 11.1 Å². The number of carbonyl (C=O) groups excluding carboxylic acids is 2. The Kier molecular flexibility index (Phi) is 5.24. The third-order valence-corrected chi connectivity index (χ3v) is 5.90. The first-order valence-electron chi connectivity index (χ1n) is 9.67. The van der Waals surface area contributed by atoms with Gasteiger partial charge in [0.15, 0.2) is 11.6 Å². The molecule has 0 spiro atoms. The van der Waals surface area contributed by atoms with E-state index in [-0.39, 0.29) is 22.8 Å². The number of halogens is 1. The number of hydrogen-bond donors (Lipinski definition) is 2. The highest BCUT2D eigenvalue weighted by atomic mass is 79.9. The zero-order valence-electron chi connectivity index (χ0n) is 16.1. The minimum absolute atomic E-state index is 0.198. The molecule has 5 heteroatoms. The molecule has 4 nitrogen and oxygen atoms in total. The maximum atomic E-state index is 13.2. The average Bonchev–Trinajstić information content (AvgIpc) is 2.74. The van der Waals surface area contributed by atoms with Crippen LogP contribution in [0.25, 0.3) is 0 Å². The van der Waals surface area contributed by atoms with E-state index in [0.29, 0.717) is 26.9 Å². The van der Waals surface area contributed by atoms with Crippen LogP contribution in [0.4, 0.5) is 17.1 Å². The summed E-state index contributed by atoms with van der Waals surface area (Å²) in [5.41, 5.74) is 10.5. The van der Waals surface area contributed by atoms with E-state index in [1.165, 1.54) is 5.56 Å². The standard InChI is InChI=1S/C24H21BrN2O2/c1-2-3-6-14-9-11-15(12-10-14)27-19-13-18(25)22(26)21-20(19)23(28)16-7-4-5-8-17(16)24(21)29/h4-5,7-13,27H,2-3,6,26H2,1H3. The Labute approximate surface area is 178 Å². The Morgan fingerprint density at radius 3 is 2.17 bits per heavy atom. The van der Waals surface area contributed by atoms with Gasteiger partial charge in [0.1, 0.15) is 0 Å². The number of benzene rings is 3. The number of hydrogen-bond acceptors (Lipinski definition) is 4. The minimum Gasteiger partial charge on any atom is -0.397 e. The van der Waals surface area contributed by atoms with Crippen molar-refractivity contribution in [2.75, 3.05) is 11.1 Å². The normalized spacial score (nSPS) is 12.5. The van der Waals surface area contributed by atoms with Gasteiger partial charge in [-0.2, -0.15) is 0 Å². The second kappa shape index (κ2) is 7.84. The SMILES string of the molecule is CCCCc1ccc(Nc2cc(Br)c(N)c3c2C(=O)c2ccccc2C3=O)cc1. The van der Waals surface area contributed by atoms with Gasteiger partial charge in [0.25, 0.3) is 0 Å². The molecule has 4 rings (SSSR count). The molecule has 0 saturated heterocycles. The quantitative estimate of drug-likeness (QED) is 0.373. The van der Waals surface area contributed by atoms with Crippen molar-refractivity contribution in [1.29, 1.82) is 0 Å². The van der Waals surface area contributed by atoms with Gasteiger partial charge in [-0.25, -0.2) is 0 Å². The fourth-order valence-corrected chi connectivity index (χ4v) is 4.10. The second-order valence-electron chi connectivity index (χ2n) is 7.20. The molecule has 1 aliphatic carbocycles. The molecule has 0 amide bonds. The topological polar surface area (TPSA) is 72.2 Å². The first-order valence-corrected chi connectivity index (χ1v) is 10.5. The van der Waals surface area contributed by atoms with Crippen molar-refractivity contribution in [3.8, 4) is 0 Å². The van der Waals surface area contributed by atoms with E-state index in [4.69, 9.17) is 5.73 Å². The van der Waals surface area contributed by atoms with Crippen molar-refractivity contribution < 1.29 is 9.59 Å². The summed E-state index contributed by atoms with van der Waals surface area (Å²) in [6, 6.07) is 16.8. The molecule has 0 radical (unpaired) electrons. The van der Waals surface area contributed by atoms with Gasteiger partial charge in [-0.3, -0.25) is 9.59 Å². The molecule has 0 unspecified atom stereocenters. The monoisotopic (exact) mass is 448 g/mol. The number of carbonyl (C=O) groups is 2. The molecular weight excluding hydrogens is 428 g/mol. The van der Waals surface area contributed by atoms with Crippen LogP contribution in [0.2, 0.25) is 0 Å². The number of aryl methyl sites for hydroxylation is 1. The number of anilines is 3. The average molecular weight is 449 g/mol. The van der Waals surface area contributed by atoms with Crippen molar-refractivity contribution in [3.63, 3.8) is 0 Å². The Hall–Kier alpha value is -2.92. The van der Waals surface area contributed by atoms with Crippen LogP contribution in [0, 0.1) is 0 Å². The Bertz CT molecular complexity index is 1120.